The number of amides is 1. The van der Waals surface area contributed by atoms with Gasteiger partial charge < -0.3 is 10.2 Å². The standard InChI is InChI=1S/C23H22N2O2/c1-18(26)20-12-14-21(15-13-20)24-16-23(27)25(22-10-6-3-7-11-22)17-19-8-4-2-5-9-19/h2-15,24H,16-17H2,1H3. The highest BCUT2D eigenvalue weighted by molar-refractivity contribution is 5.96. The Kier molecular flexibility index (Phi) is 6.00. The fraction of sp³-hybridized carbons (Fsp3) is 0.130. The summed E-state index contributed by atoms with van der Waals surface area (Å²) < 4.78 is 0. The van der Waals surface area contributed by atoms with Gasteiger partial charge in [-0.3, -0.25) is 9.59 Å². The molecule has 3 aromatic rings. The SMILES string of the molecule is CC(=O)c1ccc(NCC(=O)N(Cc2ccccc2)c2ccccc2)cc1. The molecule has 0 unspecified atom stereocenters. The number of rotatable bonds is 7. The first-order valence-corrected chi connectivity index (χ1v) is 8.88. The van der Waals surface area contributed by atoms with Crippen LogP contribution >= 0.6 is 0 Å². The van der Waals surface area contributed by atoms with Crippen molar-refractivity contribution >= 4 is 23.1 Å². The third-order valence-corrected chi connectivity index (χ3v) is 4.29. The van der Waals surface area contributed by atoms with E-state index in [1.165, 1.54) is 6.92 Å². The summed E-state index contributed by atoms with van der Waals surface area (Å²) in [6.45, 7) is 2.21. The van der Waals surface area contributed by atoms with Gasteiger partial charge in [0.1, 0.15) is 0 Å². The molecule has 3 rings (SSSR count). The van der Waals surface area contributed by atoms with Gasteiger partial charge in [0.15, 0.2) is 5.78 Å². The zero-order valence-electron chi connectivity index (χ0n) is 15.3. The molecule has 4 heteroatoms. The molecule has 0 radical (unpaired) electrons. The molecule has 0 saturated heterocycles. The summed E-state index contributed by atoms with van der Waals surface area (Å²) in [4.78, 5) is 26.0. The summed E-state index contributed by atoms with van der Waals surface area (Å²) in [5, 5.41) is 3.14. The normalized spacial score (nSPS) is 10.3. The van der Waals surface area contributed by atoms with Gasteiger partial charge in [-0.1, -0.05) is 48.5 Å². The number of Topliss-reactive ketones (excluding diaryl/α,β-unsaturated/α-hetero) is 1. The van der Waals surface area contributed by atoms with Gasteiger partial charge in [-0.2, -0.15) is 0 Å². The van der Waals surface area contributed by atoms with E-state index in [-0.39, 0.29) is 18.2 Å². The van der Waals surface area contributed by atoms with E-state index in [1.807, 2.05) is 72.8 Å². The predicted molar refractivity (Wildman–Crippen MR) is 109 cm³/mol. The second-order valence-electron chi connectivity index (χ2n) is 6.29. The van der Waals surface area contributed by atoms with Crippen LogP contribution in [-0.2, 0) is 11.3 Å². The van der Waals surface area contributed by atoms with Gasteiger partial charge in [-0.15, -0.1) is 0 Å². The van der Waals surface area contributed by atoms with Crippen molar-refractivity contribution in [3.8, 4) is 0 Å². The molecule has 0 aliphatic heterocycles. The molecule has 0 saturated carbocycles. The van der Waals surface area contributed by atoms with Gasteiger partial charge in [0.2, 0.25) is 5.91 Å². The average molecular weight is 358 g/mol. The minimum absolute atomic E-state index is 0.0238. The number of nitrogens with zero attached hydrogens (tertiary/aromatic N) is 1. The van der Waals surface area contributed by atoms with Crippen molar-refractivity contribution < 1.29 is 9.59 Å². The number of carbonyl (C=O) groups is 2. The van der Waals surface area contributed by atoms with Crippen molar-refractivity contribution in [1.82, 2.24) is 0 Å². The van der Waals surface area contributed by atoms with E-state index < -0.39 is 0 Å². The molecule has 0 aromatic heterocycles. The molecule has 0 aliphatic rings. The van der Waals surface area contributed by atoms with E-state index in [0.29, 0.717) is 12.1 Å². The largest absolute Gasteiger partial charge is 0.376 e. The van der Waals surface area contributed by atoms with Gasteiger partial charge in [0.05, 0.1) is 13.1 Å². The van der Waals surface area contributed by atoms with Gasteiger partial charge in [-0.25, -0.2) is 0 Å². The second kappa shape index (κ2) is 8.81. The number of hydrogen-bond acceptors (Lipinski definition) is 3. The fourth-order valence-corrected chi connectivity index (χ4v) is 2.79. The Labute approximate surface area is 159 Å². The Morgan fingerprint density at radius 3 is 2.00 bits per heavy atom. The maximum atomic E-state index is 12.9. The Balaban J connectivity index is 1.71. The number of anilines is 2. The van der Waals surface area contributed by atoms with Gasteiger partial charge in [-0.05, 0) is 48.9 Å². The van der Waals surface area contributed by atoms with E-state index in [2.05, 4.69) is 5.32 Å². The highest BCUT2D eigenvalue weighted by Gasteiger charge is 2.16. The lowest BCUT2D eigenvalue weighted by Crippen LogP contribution is -2.35. The summed E-state index contributed by atoms with van der Waals surface area (Å²) in [6, 6.07) is 26.7. The molecule has 3 aromatic carbocycles. The number of hydrogen-bond donors (Lipinski definition) is 1. The average Bonchev–Trinajstić information content (AvgIpc) is 2.72. The lowest BCUT2D eigenvalue weighted by Gasteiger charge is -2.23. The van der Waals surface area contributed by atoms with Crippen LogP contribution in [0.4, 0.5) is 11.4 Å². The van der Waals surface area contributed by atoms with Gasteiger partial charge in [0, 0.05) is 16.9 Å². The molecule has 0 atom stereocenters. The third kappa shape index (κ3) is 5.05. The molecular weight excluding hydrogens is 336 g/mol. The second-order valence-corrected chi connectivity index (χ2v) is 6.29. The van der Waals surface area contributed by atoms with E-state index in [1.54, 1.807) is 17.0 Å². The highest BCUT2D eigenvalue weighted by atomic mass is 16.2. The van der Waals surface area contributed by atoms with Gasteiger partial charge in [0.25, 0.3) is 0 Å². The van der Waals surface area contributed by atoms with E-state index in [9.17, 15) is 9.59 Å². The third-order valence-electron chi connectivity index (χ3n) is 4.29. The van der Waals surface area contributed by atoms with Crippen molar-refractivity contribution in [3.63, 3.8) is 0 Å². The van der Waals surface area contributed by atoms with E-state index in [0.717, 1.165) is 16.9 Å². The van der Waals surface area contributed by atoms with Crippen LogP contribution in [0.25, 0.3) is 0 Å². The van der Waals surface area contributed by atoms with Crippen LogP contribution in [0.15, 0.2) is 84.9 Å². The Hall–Kier alpha value is -3.40. The molecule has 4 nitrogen and oxygen atoms in total. The van der Waals surface area contributed by atoms with Crippen LogP contribution in [0.3, 0.4) is 0 Å². The Morgan fingerprint density at radius 1 is 0.815 bits per heavy atom. The quantitative estimate of drug-likeness (QED) is 0.631. The molecule has 0 fully saturated rings. The van der Waals surface area contributed by atoms with Crippen molar-refractivity contribution in [2.75, 3.05) is 16.8 Å². The van der Waals surface area contributed by atoms with Crippen LogP contribution in [0.5, 0.6) is 0 Å². The lowest BCUT2D eigenvalue weighted by atomic mass is 10.1. The maximum Gasteiger partial charge on any atom is 0.246 e. The first-order chi connectivity index (χ1) is 13.1. The molecular formula is C23H22N2O2. The summed E-state index contributed by atoms with van der Waals surface area (Å²) in [5.41, 5.74) is 3.39. The van der Waals surface area contributed by atoms with Crippen molar-refractivity contribution in [1.29, 1.82) is 0 Å². The summed E-state index contributed by atoms with van der Waals surface area (Å²) in [7, 11) is 0. The Bertz CT molecular complexity index is 891. The van der Waals surface area contributed by atoms with Crippen LogP contribution in [-0.4, -0.2) is 18.2 Å². The summed E-state index contributed by atoms with van der Waals surface area (Å²) in [5.74, 6) is -0.00330. The fourth-order valence-electron chi connectivity index (χ4n) is 2.79. The molecule has 1 amide bonds. The number of benzene rings is 3. The molecule has 136 valence electrons. The molecule has 1 N–H and O–H groups in total. The molecule has 0 aliphatic carbocycles. The predicted octanol–water partition coefficient (Wildman–Crippen LogP) is 4.53. The molecule has 27 heavy (non-hydrogen) atoms. The summed E-state index contributed by atoms with van der Waals surface area (Å²) >= 11 is 0. The van der Waals surface area contributed by atoms with Crippen LogP contribution < -0.4 is 10.2 Å². The van der Waals surface area contributed by atoms with E-state index >= 15 is 0 Å². The monoisotopic (exact) mass is 358 g/mol. The lowest BCUT2D eigenvalue weighted by molar-refractivity contribution is -0.117. The molecule has 0 spiro atoms. The van der Waals surface area contributed by atoms with Crippen molar-refractivity contribution in [2.24, 2.45) is 0 Å². The summed E-state index contributed by atoms with van der Waals surface area (Å²) in [6.07, 6.45) is 0. The van der Waals surface area contributed by atoms with Gasteiger partial charge >= 0.3 is 0 Å². The molecule has 0 heterocycles. The van der Waals surface area contributed by atoms with Crippen molar-refractivity contribution in [3.05, 3.63) is 96.1 Å². The number of para-hydroxylation sites is 1. The van der Waals surface area contributed by atoms with Crippen LogP contribution in [0.2, 0.25) is 0 Å². The maximum absolute atomic E-state index is 12.9. The number of ketones is 1. The minimum atomic E-state index is -0.0271. The first kappa shape index (κ1) is 18.4. The Morgan fingerprint density at radius 2 is 1.41 bits per heavy atom. The highest BCUT2D eigenvalue weighted by Crippen LogP contribution is 2.18. The smallest absolute Gasteiger partial charge is 0.246 e. The molecule has 0 bridgehead atoms. The topological polar surface area (TPSA) is 49.4 Å². The number of nitrogens with one attached hydrogen (secondary N) is 1. The van der Waals surface area contributed by atoms with E-state index in [4.69, 9.17) is 0 Å². The zero-order chi connectivity index (χ0) is 19.1. The minimum Gasteiger partial charge on any atom is -0.376 e. The number of carbonyl (C=O) groups excluding carboxylic acids is 2. The van der Waals surface area contributed by atoms with Crippen LogP contribution in [0.1, 0.15) is 22.8 Å². The zero-order valence-corrected chi connectivity index (χ0v) is 15.3. The first-order valence-electron chi connectivity index (χ1n) is 8.88. The van der Waals surface area contributed by atoms with Crippen LogP contribution in [0, 0.1) is 0 Å². The van der Waals surface area contributed by atoms with Crippen molar-refractivity contribution in [2.45, 2.75) is 13.5 Å².